The van der Waals surface area contributed by atoms with Crippen molar-refractivity contribution in [2.24, 2.45) is 0 Å². The summed E-state index contributed by atoms with van der Waals surface area (Å²) in [6, 6.07) is 1.40. The number of carbonyl (C=O) groups is 1. The van der Waals surface area contributed by atoms with Crippen LogP contribution >= 0.6 is 0 Å². The Morgan fingerprint density at radius 3 is 3.00 bits per heavy atom. The summed E-state index contributed by atoms with van der Waals surface area (Å²) in [7, 11) is 1.28. The Bertz CT molecular complexity index is 374. The molecule has 1 aromatic rings. The number of hydrogen-bond donors (Lipinski definition) is 2. The maximum atomic E-state index is 10.7. The summed E-state index contributed by atoms with van der Waals surface area (Å²) in [5.74, 6) is -0.529. The maximum absolute atomic E-state index is 10.7. The molecule has 5 heteroatoms. The molecule has 1 rings (SSSR count). The number of methoxy groups -OCH3 is 1. The van der Waals surface area contributed by atoms with Crippen LogP contribution in [0.25, 0.3) is 6.08 Å². The van der Waals surface area contributed by atoms with Gasteiger partial charge in [-0.05, 0) is 17.7 Å². The van der Waals surface area contributed by atoms with E-state index in [1.54, 1.807) is 0 Å². The summed E-state index contributed by atoms with van der Waals surface area (Å²) in [6.45, 7) is 0. The zero-order valence-corrected chi connectivity index (χ0v) is 7.60. The second-order valence-corrected chi connectivity index (χ2v) is 2.53. The first-order valence-corrected chi connectivity index (χ1v) is 3.84. The average molecular weight is 194 g/mol. The first kappa shape index (κ1) is 10.0. The number of nitrogens with two attached hydrogens (primary N) is 1. The van der Waals surface area contributed by atoms with Crippen molar-refractivity contribution in [1.82, 2.24) is 4.98 Å². The highest BCUT2D eigenvalue weighted by atomic mass is 16.5. The number of nitrogens with zero attached hydrogens (tertiary/aromatic N) is 1. The summed E-state index contributed by atoms with van der Waals surface area (Å²) in [5.41, 5.74) is 5.87. The lowest BCUT2D eigenvalue weighted by Crippen LogP contribution is -1.94. The van der Waals surface area contributed by atoms with Gasteiger partial charge >= 0.3 is 5.97 Å². The molecular weight excluding hydrogens is 184 g/mol. The van der Waals surface area contributed by atoms with Crippen molar-refractivity contribution < 1.29 is 14.6 Å². The number of esters is 1. The quantitative estimate of drug-likeness (QED) is 0.530. The zero-order valence-electron chi connectivity index (χ0n) is 7.60. The third-order valence-electron chi connectivity index (χ3n) is 1.53. The van der Waals surface area contributed by atoms with Crippen LogP contribution in [0.3, 0.4) is 0 Å². The molecule has 0 bridgehead atoms. The van der Waals surface area contributed by atoms with E-state index < -0.39 is 5.97 Å². The van der Waals surface area contributed by atoms with E-state index in [9.17, 15) is 9.90 Å². The van der Waals surface area contributed by atoms with E-state index in [1.807, 2.05) is 0 Å². The number of aromatic hydroxyl groups is 1. The first-order valence-electron chi connectivity index (χ1n) is 3.84. The van der Waals surface area contributed by atoms with E-state index in [1.165, 1.54) is 31.5 Å². The third kappa shape index (κ3) is 2.48. The molecule has 5 nitrogen and oxygen atoms in total. The lowest BCUT2D eigenvalue weighted by atomic mass is 10.2. The van der Waals surface area contributed by atoms with E-state index in [-0.39, 0.29) is 11.6 Å². The lowest BCUT2D eigenvalue weighted by Gasteiger charge is -1.98. The van der Waals surface area contributed by atoms with E-state index in [0.29, 0.717) is 5.56 Å². The number of pyridine rings is 1. The number of hydrogen-bond acceptors (Lipinski definition) is 5. The highest BCUT2D eigenvalue weighted by Gasteiger charge is 1.98. The summed E-state index contributed by atoms with van der Waals surface area (Å²) < 4.78 is 4.39. The Hall–Kier alpha value is -2.04. The van der Waals surface area contributed by atoms with E-state index >= 15 is 0 Å². The number of aromatic nitrogens is 1. The SMILES string of the molecule is COC(=O)C=Cc1cnc(N)c(O)c1. The fourth-order valence-corrected chi connectivity index (χ4v) is 0.803. The normalized spacial score (nSPS) is 10.4. The molecule has 0 aliphatic heterocycles. The number of nitrogen functional groups attached to an aromatic ring is 1. The average Bonchev–Trinajstić information content (AvgIpc) is 2.19. The van der Waals surface area contributed by atoms with Gasteiger partial charge in [0.15, 0.2) is 11.6 Å². The van der Waals surface area contributed by atoms with E-state index in [2.05, 4.69) is 9.72 Å². The number of ether oxygens (including phenoxy) is 1. The van der Waals surface area contributed by atoms with Crippen LogP contribution in [0.5, 0.6) is 5.75 Å². The molecule has 0 radical (unpaired) electrons. The summed E-state index contributed by atoms with van der Waals surface area (Å²) in [4.78, 5) is 14.4. The van der Waals surface area contributed by atoms with Gasteiger partial charge < -0.3 is 15.6 Å². The Morgan fingerprint density at radius 1 is 1.71 bits per heavy atom. The minimum absolute atomic E-state index is 0.0558. The molecule has 1 heterocycles. The van der Waals surface area contributed by atoms with Crippen LogP contribution in [0.2, 0.25) is 0 Å². The molecular formula is C9H10N2O3. The molecule has 0 unspecified atom stereocenters. The molecule has 0 atom stereocenters. The fraction of sp³-hybridized carbons (Fsp3) is 0.111. The molecule has 74 valence electrons. The minimum Gasteiger partial charge on any atom is -0.504 e. The predicted octanol–water partition coefficient (Wildman–Crippen LogP) is 0.556. The predicted molar refractivity (Wildman–Crippen MR) is 51.4 cm³/mol. The summed E-state index contributed by atoms with van der Waals surface area (Å²) in [5, 5.41) is 9.18. The van der Waals surface area contributed by atoms with Crippen LogP contribution < -0.4 is 5.73 Å². The standard InChI is InChI=1S/C9H10N2O3/c1-14-8(13)3-2-6-4-7(12)9(10)11-5-6/h2-5,12H,1H3,(H2,10,11). The van der Waals surface area contributed by atoms with E-state index in [0.717, 1.165) is 0 Å². The number of carbonyl (C=O) groups excluding carboxylic acids is 1. The lowest BCUT2D eigenvalue weighted by molar-refractivity contribution is -0.134. The molecule has 0 aliphatic carbocycles. The van der Waals surface area contributed by atoms with Gasteiger partial charge in [0.25, 0.3) is 0 Å². The zero-order chi connectivity index (χ0) is 10.6. The summed E-state index contributed by atoms with van der Waals surface area (Å²) >= 11 is 0. The molecule has 0 saturated carbocycles. The Kier molecular flexibility index (Phi) is 3.06. The second-order valence-electron chi connectivity index (χ2n) is 2.53. The topological polar surface area (TPSA) is 85.4 Å². The summed E-state index contributed by atoms with van der Waals surface area (Å²) in [6.07, 6.45) is 4.14. The molecule has 0 fully saturated rings. The van der Waals surface area contributed by atoms with Crippen LogP contribution in [0.1, 0.15) is 5.56 Å². The van der Waals surface area contributed by atoms with Crippen molar-refractivity contribution in [1.29, 1.82) is 0 Å². The molecule has 1 aromatic heterocycles. The molecule has 3 N–H and O–H groups in total. The molecule has 0 aliphatic rings. The van der Waals surface area contributed by atoms with Crippen molar-refractivity contribution in [2.45, 2.75) is 0 Å². The molecule has 0 aromatic carbocycles. The van der Waals surface area contributed by atoms with Gasteiger partial charge in [-0.25, -0.2) is 9.78 Å². The van der Waals surface area contributed by atoms with Crippen molar-refractivity contribution >= 4 is 17.9 Å². The smallest absolute Gasteiger partial charge is 0.330 e. The maximum Gasteiger partial charge on any atom is 0.330 e. The first-order chi connectivity index (χ1) is 6.63. The van der Waals surface area contributed by atoms with Crippen molar-refractivity contribution in [2.75, 3.05) is 12.8 Å². The Balaban J connectivity index is 2.83. The van der Waals surface area contributed by atoms with Crippen LogP contribution in [-0.2, 0) is 9.53 Å². The number of anilines is 1. The highest BCUT2D eigenvalue weighted by Crippen LogP contribution is 2.18. The Morgan fingerprint density at radius 2 is 2.43 bits per heavy atom. The third-order valence-corrected chi connectivity index (χ3v) is 1.53. The van der Waals surface area contributed by atoms with Crippen LogP contribution in [0, 0.1) is 0 Å². The molecule has 0 saturated heterocycles. The molecule has 0 amide bonds. The van der Waals surface area contributed by atoms with Crippen molar-refractivity contribution in [3.05, 3.63) is 23.9 Å². The van der Waals surface area contributed by atoms with Gasteiger partial charge in [-0.1, -0.05) is 0 Å². The second kappa shape index (κ2) is 4.27. The van der Waals surface area contributed by atoms with Crippen molar-refractivity contribution in [3.8, 4) is 5.75 Å². The number of rotatable bonds is 2. The van der Waals surface area contributed by atoms with Crippen LogP contribution in [0.4, 0.5) is 5.82 Å². The fourth-order valence-electron chi connectivity index (χ4n) is 0.803. The van der Waals surface area contributed by atoms with Crippen LogP contribution in [0.15, 0.2) is 18.3 Å². The largest absolute Gasteiger partial charge is 0.504 e. The highest BCUT2D eigenvalue weighted by molar-refractivity contribution is 5.86. The monoisotopic (exact) mass is 194 g/mol. The minimum atomic E-state index is -0.471. The van der Waals surface area contributed by atoms with Gasteiger partial charge in [0, 0.05) is 12.3 Å². The van der Waals surface area contributed by atoms with Gasteiger partial charge in [0.2, 0.25) is 0 Å². The molecule has 14 heavy (non-hydrogen) atoms. The van der Waals surface area contributed by atoms with Gasteiger partial charge in [-0.3, -0.25) is 0 Å². The van der Waals surface area contributed by atoms with Crippen LogP contribution in [-0.4, -0.2) is 23.2 Å². The van der Waals surface area contributed by atoms with Gasteiger partial charge in [0.05, 0.1) is 7.11 Å². The van der Waals surface area contributed by atoms with Gasteiger partial charge in [0.1, 0.15) is 0 Å². The molecule has 0 spiro atoms. The van der Waals surface area contributed by atoms with Gasteiger partial charge in [-0.2, -0.15) is 0 Å². The van der Waals surface area contributed by atoms with Crippen molar-refractivity contribution in [3.63, 3.8) is 0 Å². The van der Waals surface area contributed by atoms with E-state index in [4.69, 9.17) is 5.73 Å². The van der Waals surface area contributed by atoms with Gasteiger partial charge in [-0.15, -0.1) is 0 Å². The Labute approximate surface area is 80.8 Å².